The summed E-state index contributed by atoms with van der Waals surface area (Å²) in [6, 6.07) is 7.17. The molecule has 0 spiro atoms. The van der Waals surface area contributed by atoms with E-state index in [1.807, 2.05) is 0 Å². The van der Waals surface area contributed by atoms with Crippen molar-refractivity contribution >= 4 is 48.3 Å². The molecule has 1 unspecified atom stereocenters. The Morgan fingerprint density at radius 1 is 1.10 bits per heavy atom. The SMILES string of the molecule is Nc1ccc(S(=O)Cc2c(F)ccc(Br)c2F)c(Br)c1. The van der Waals surface area contributed by atoms with E-state index in [1.165, 1.54) is 6.07 Å². The highest BCUT2D eigenvalue weighted by molar-refractivity contribution is 9.10. The lowest BCUT2D eigenvalue weighted by molar-refractivity contribution is 0.560. The molecular weight excluding hydrogens is 416 g/mol. The fourth-order valence-electron chi connectivity index (χ4n) is 1.61. The molecule has 7 heteroatoms. The van der Waals surface area contributed by atoms with E-state index < -0.39 is 22.4 Å². The minimum Gasteiger partial charge on any atom is -0.399 e. The summed E-state index contributed by atoms with van der Waals surface area (Å²) in [5, 5.41) is 0. The third-order valence-electron chi connectivity index (χ3n) is 2.62. The van der Waals surface area contributed by atoms with Crippen LogP contribution in [0.4, 0.5) is 14.5 Å². The highest BCUT2D eigenvalue weighted by atomic mass is 79.9. The van der Waals surface area contributed by atoms with Crippen molar-refractivity contribution < 1.29 is 13.0 Å². The van der Waals surface area contributed by atoms with Crippen molar-refractivity contribution in [3.8, 4) is 0 Å². The predicted molar refractivity (Wildman–Crippen MR) is 82.7 cm³/mol. The van der Waals surface area contributed by atoms with Crippen LogP contribution in [0.1, 0.15) is 5.56 Å². The fraction of sp³-hybridized carbons (Fsp3) is 0.0769. The fourth-order valence-corrected chi connectivity index (χ4v) is 4.10. The molecule has 0 fully saturated rings. The second-order valence-corrected chi connectivity index (χ2v) is 7.13. The molecule has 2 N–H and O–H groups in total. The van der Waals surface area contributed by atoms with E-state index >= 15 is 0 Å². The molecule has 2 nitrogen and oxygen atoms in total. The summed E-state index contributed by atoms with van der Waals surface area (Å²) in [5.74, 6) is -1.70. The third kappa shape index (κ3) is 3.27. The van der Waals surface area contributed by atoms with E-state index in [-0.39, 0.29) is 15.8 Å². The zero-order valence-electron chi connectivity index (χ0n) is 10.00. The summed E-state index contributed by atoms with van der Waals surface area (Å²) in [6.07, 6.45) is 0. The molecule has 0 radical (unpaired) electrons. The lowest BCUT2D eigenvalue weighted by Crippen LogP contribution is -2.03. The number of nitrogen functional groups attached to an aromatic ring is 1. The van der Waals surface area contributed by atoms with Crippen LogP contribution in [-0.4, -0.2) is 4.21 Å². The zero-order chi connectivity index (χ0) is 14.9. The standard InChI is InChI=1S/C13H9Br2F2NOS/c14-9-2-3-11(16)8(13(9)17)6-20(19)12-4-1-7(18)5-10(12)15/h1-5H,6,18H2. The normalized spacial score (nSPS) is 12.4. The summed E-state index contributed by atoms with van der Waals surface area (Å²) in [7, 11) is -1.59. The average molecular weight is 425 g/mol. The van der Waals surface area contributed by atoms with Gasteiger partial charge in [0.25, 0.3) is 0 Å². The first-order valence-corrected chi connectivity index (χ1v) is 8.36. The predicted octanol–water partition coefficient (Wildman–Crippen LogP) is 4.38. The van der Waals surface area contributed by atoms with Crippen LogP contribution >= 0.6 is 31.9 Å². The van der Waals surface area contributed by atoms with Crippen LogP contribution in [0, 0.1) is 11.6 Å². The van der Waals surface area contributed by atoms with E-state index in [2.05, 4.69) is 31.9 Å². The van der Waals surface area contributed by atoms with Gasteiger partial charge < -0.3 is 5.73 Å². The van der Waals surface area contributed by atoms with E-state index in [0.717, 1.165) is 6.07 Å². The van der Waals surface area contributed by atoms with Crippen LogP contribution in [0.3, 0.4) is 0 Å². The van der Waals surface area contributed by atoms with E-state index in [1.54, 1.807) is 18.2 Å². The van der Waals surface area contributed by atoms with Gasteiger partial charge in [0.15, 0.2) is 0 Å². The second kappa shape index (κ2) is 6.32. The number of halogens is 4. The van der Waals surface area contributed by atoms with Crippen molar-refractivity contribution in [3.05, 3.63) is 56.5 Å². The van der Waals surface area contributed by atoms with Gasteiger partial charge in [-0.15, -0.1) is 0 Å². The number of nitrogens with two attached hydrogens (primary N) is 1. The molecule has 2 aromatic carbocycles. The van der Waals surface area contributed by atoms with Gasteiger partial charge in [0.2, 0.25) is 0 Å². The van der Waals surface area contributed by atoms with Gasteiger partial charge >= 0.3 is 0 Å². The Kier molecular flexibility index (Phi) is 4.93. The van der Waals surface area contributed by atoms with Crippen molar-refractivity contribution in [3.63, 3.8) is 0 Å². The largest absolute Gasteiger partial charge is 0.399 e. The van der Waals surface area contributed by atoms with Gasteiger partial charge in [-0.1, -0.05) is 0 Å². The van der Waals surface area contributed by atoms with Crippen LogP contribution < -0.4 is 5.73 Å². The molecule has 20 heavy (non-hydrogen) atoms. The molecule has 0 aliphatic carbocycles. The molecule has 0 aliphatic heterocycles. The van der Waals surface area contributed by atoms with Gasteiger partial charge in [-0.05, 0) is 62.2 Å². The topological polar surface area (TPSA) is 43.1 Å². The molecule has 1 atom stereocenters. The van der Waals surface area contributed by atoms with E-state index in [9.17, 15) is 13.0 Å². The second-order valence-electron chi connectivity index (χ2n) is 4.00. The van der Waals surface area contributed by atoms with Crippen LogP contribution in [0.15, 0.2) is 44.2 Å². The first-order valence-electron chi connectivity index (χ1n) is 5.46. The molecule has 2 rings (SSSR count). The maximum absolute atomic E-state index is 13.9. The first kappa shape index (κ1) is 15.6. The Morgan fingerprint density at radius 2 is 1.80 bits per heavy atom. The van der Waals surface area contributed by atoms with Gasteiger partial charge in [-0.25, -0.2) is 8.78 Å². The molecule has 0 amide bonds. The summed E-state index contributed by atoms with van der Waals surface area (Å²) in [6.45, 7) is 0. The van der Waals surface area contributed by atoms with Crippen molar-refractivity contribution in [2.45, 2.75) is 10.6 Å². The van der Waals surface area contributed by atoms with Gasteiger partial charge in [0, 0.05) is 15.7 Å². The molecule has 0 bridgehead atoms. The summed E-state index contributed by atoms with van der Waals surface area (Å²) in [4.78, 5) is 0.443. The van der Waals surface area contributed by atoms with Crippen LogP contribution in [0.25, 0.3) is 0 Å². The monoisotopic (exact) mass is 423 g/mol. The molecule has 0 aliphatic rings. The summed E-state index contributed by atoms with van der Waals surface area (Å²) >= 11 is 6.23. The lowest BCUT2D eigenvalue weighted by atomic mass is 10.2. The van der Waals surface area contributed by atoms with E-state index in [0.29, 0.717) is 15.1 Å². The number of rotatable bonds is 3. The Balaban J connectivity index is 2.35. The number of benzene rings is 2. The molecule has 106 valence electrons. The summed E-state index contributed by atoms with van der Waals surface area (Å²) < 4.78 is 40.4. The number of hydrogen-bond acceptors (Lipinski definition) is 2. The molecule has 0 saturated heterocycles. The first-order chi connectivity index (χ1) is 9.40. The lowest BCUT2D eigenvalue weighted by Gasteiger charge is -2.08. The van der Waals surface area contributed by atoms with Crippen molar-refractivity contribution in [1.29, 1.82) is 0 Å². The van der Waals surface area contributed by atoms with Crippen molar-refractivity contribution in [2.24, 2.45) is 0 Å². The minimum atomic E-state index is -1.59. The van der Waals surface area contributed by atoms with Gasteiger partial charge in [-0.3, -0.25) is 4.21 Å². The molecule has 2 aromatic rings. The maximum Gasteiger partial charge on any atom is 0.144 e. The van der Waals surface area contributed by atoms with Crippen LogP contribution in [0.5, 0.6) is 0 Å². The minimum absolute atomic E-state index is 0.141. The Bertz CT molecular complexity index is 694. The number of anilines is 1. The van der Waals surface area contributed by atoms with Gasteiger partial charge in [-0.2, -0.15) is 0 Å². The Hall–Kier alpha value is -0.790. The quantitative estimate of drug-likeness (QED) is 0.586. The van der Waals surface area contributed by atoms with Gasteiger partial charge in [0.1, 0.15) is 11.6 Å². The van der Waals surface area contributed by atoms with Gasteiger partial charge in [0.05, 0.1) is 25.9 Å². The van der Waals surface area contributed by atoms with Crippen molar-refractivity contribution in [1.82, 2.24) is 0 Å². The molecule has 0 heterocycles. The van der Waals surface area contributed by atoms with Crippen molar-refractivity contribution in [2.75, 3.05) is 5.73 Å². The molecule has 0 aromatic heterocycles. The number of hydrogen-bond donors (Lipinski definition) is 1. The summed E-state index contributed by atoms with van der Waals surface area (Å²) in [5.41, 5.74) is 5.90. The highest BCUT2D eigenvalue weighted by Crippen LogP contribution is 2.28. The van der Waals surface area contributed by atoms with Crippen LogP contribution in [-0.2, 0) is 16.6 Å². The molecular formula is C13H9Br2F2NOS. The van der Waals surface area contributed by atoms with E-state index in [4.69, 9.17) is 5.73 Å². The van der Waals surface area contributed by atoms with Crippen LogP contribution in [0.2, 0.25) is 0 Å². The zero-order valence-corrected chi connectivity index (χ0v) is 14.0. The average Bonchev–Trinajstić information content (AvgIpc) is 2.39. The maximum atomic E-state index is 13.9. The Morgan fingerprint density at radius 3 is 2.45 bits per heavy atom. The molecule has 0 saturated carbocycles. The Labute approximate surface area is 134 Å². The highest BCUT2D eigenvalue weighted by Gasteiger charge is 2.17. The smallest absolute Gasteiger partial charge is 0.144 e. The third-order valence-corrected chi connectivity index (χ3v) is 5.54.